The van der Waals surface area contributed by atoms with Crippen LogP contribution in [0.25, 0.3) is 11.0 Å². The second-order valence-electron chi connectivity index (χ2n) is 5.19. The van der Waals surface area contributed by atoms with E-state index in [2.05, 4.69) is 33.6 Å². The maximum Gasteiger partial charge on any atom is 0.108 e. The third-order valence-electron chi connectivity index (χ3n) is 3.55. The number of rotatable bonds is 3. The molecule has 1 atom stereocenters. The van der Waals surface area contributed by atoms with Gasteiger partial charge in [-0.2, -0.15) is 11.8 Å². The van der Waals surface area contributed by atoms with Gasteiger partial charge in [-0.1, -0.05) is 6.92 Å². The van der Waals surface area contributed by atoms with Crippen LogP contribution in [-0.4, -0.2) is 45.5 Å². The molecule has 4 nitrogen and oxygen atoms in total. The van der Waals surface area contributed by atoms with Crippen LogP contribution in [0.15, 0.2) is 18.2 Å². The molecule has 2 aromatic rings. The number of nitrogens with two attached hydrogens (primary N) is 1. The molecular weight excluding hydrogens is 256 g/mol. The standard InChI is InChI=1S/C14H20N4S/c1-10-9-18(6-7-19-10)5-4-14-16-12-3-2-11(15)8-13(12)17-14/h2-3,8,10H,4-7,9,15H2,1H3,(H,16,17). The zero-order valence-electron chi connectivity index (χ0n) is 11.2. The summed E-state index contributed by atoms with van der Waals surface area (Å²) >= 11 is 2.07. The smallest absolute Gasteiger partial charge is 0.108 e. The number of aromatic amines is 1. The molecule has 3 N–H and O–H groups in total. The summed E-state index contributed by atoms with van der Waals surface area (Å²) in [4.78, 5) is 10.5. The van der Waals surface area contributed by atoms with Gasteiger partial charge in [0.05, 0.1) is 11.0 Å². The van der Waals surface area contributed by atoms with Crippen molar-refractivity contribution in [2.75, 3.05) is 31.1 Å². The minimum atomic E-state index is 0.754. The monoisotopic (exact) mass is 276 g/mol. The normalized spacial score (nSPS) is 21.0. The third kappa shape index (κ3) is 3.04. The molecule has 19 heavy (non-hydrogen) atoms. The Morgan fingerprint density at radius 3 is 3.26 bits per heavy atom. The molecule has 1 aromatic carbocycles. The number of H-pyrrole nitrogens is 1. The van der Waals surface area contributed by atoms with Gasteiger partial charge < -0.3 is 15.6 Å². The third-order valence-corrected chi connectivity index (χ3v) is 4.68. The Morgan fingerprint density at radius 1 is 1.53 bits per heavy atom. The maximum atomic E-state index is 5.78. The quantitative estimate of drug-likeness (QED) is 0.843. The Hall–Kier alpha value is -1.20. The van der Waals surface area contributed by atoms with Gasteiger partial charge in [0.2, 0.25) is 0 Å². The number of hydrogen-bond donors (Lipinski definition) is 2. The predicted molar refractivity (Wildman–Crippen MR) is 82.6 cm³/mol. The van der Waals surface area contributed by atoms with Crippen LogP contribution in [0.1, 0.15) is 12.7 Å². The van der Waals surface area contributed by atoms with Crippen molar-refractivity contribution >= 4 is 28.5 Å². The highest BCUT2D eigenvalue weighted by Gasteiger charge is 2.16. The lowest BCUT2D eigenvalue weighted by Gasteiger charge is -2.30. The molecule has 0 radical (unpaired) electrons. The summed E-state index contributed by atoms with van der Waals surface area (Å²) in [5.74, 6) is 2.31. The summed E-state index contributed by atoms with van der Waals surface area (Å²) in [7, 11) is 0. The van der Waals surface area contributed by atoms with E-state index in [9.17, 15) is 0 Å². The second kappa shape index (κ2) is 5.43. The fourth-order valence-electron chi connectivity index (χ4n) is 2.56. The molecule has 0 aliphatic carbocycles. The summed E-state index contributed by atoms with van der Waals surface area (Å²) in [6.07, 6.45) is 0.978. The fourth-order valence-corrected chi connectivity index (χ4v) is 3.64. The zero-order chi connectivity index (χ0) is 13.2. The number of fused-ring (bicyclic) bond motifs is 1. The Labute approximate surface area is 117 Å². The van der Waals surface area contributed by atoms with Crippen molar-refractivity contribution in [3.8, 4) is 0 Å². The van der Waals surface area contributed by atoms with Crippen molar-refractivity contribution in [2.45, 2.75) is 18.6 Å². The number of aromatic nitrogens is 2. The highest BCUT2D eigenvalue weighted by Crippen LogP contribution is 2.18. The lowest BCUT2D eigenvalue weighted by Crippen LogP contribution is -2.37. The van der Waals surface area contributed by atoms with E-state index in [0.717, 1.165) is 40.8 Å². The van der Waals surface area contributed by atoms with Crippen molar-refractivity contribution in [2.24, 2.45) is 0 Å². The molecule has 1 aromatic heterocycles. The number of thioether (sulfide) groups is 1. The van der Waals surface area contributed by atoms with Crippen LogP contribution in [-0.2, 0) is 6.42 Å². The van der Waals surface area contributed by atoms with E-state index in [1.807, 2.05) is 18.2 Å². The van der Waals surface area contributed by atoms with Crippen LogP contribution < -0.4 is 5.73 Å². The van der Waals surface area contributed by atoms with E-state index >= 15 is 0 Å². The summed E-state index contributed by atoms with van der Waals surface area (Å²) in [6.45, 7) is 5.78. The van der Waals surface area contributed by atoms with Crippen LogP contribution >= 0.6 is 11.8 Å². The first-order chi connectivity index (χ1) is 9.20. The van der Waals surface area contributed by atoms with Gasteiger partial charge in [-0.3, -0.25) is 0 Å². The molecule has 0 saturated carbocycles. The van der Waals surface area contributed by atoms with Crippen molar-refractivity contribution in [1.29, 1.82) is 0 Å². The Kier molecular flexibility index (Phi) is 3.66. The van der Waals surface area contributed by atoms with Gasteiger partial charge in [-0.25, -0.2) is 4.98 Å². The second-order valence-corrected chi connectivity index (χ2v) is 6.74. The number of anilines is 1. The highest BCUT2D eigenvalue weighted by molar-refractivity contribution is 7.99. The lowest BCUT2D eigenvalue weighted by molar-refractivity contribution is 0.288. The van der Waals surface area contributed by atoms with Gasteiger partial charge in [0.1, 0.15) is 5.82 Å². The first kappa shape index (κ1) is 12.8. The van der Waals surface area contributed by atoms with Gasteiger partial charge in [-0.05, 0) is 18.2 Å². The molecule has 0 spiro atoms. The largest absolute Gasteiger partial charge is 0.399 e. The number of nitrogens with zero attached hydrogens (tertiary/aromatic N) is 2. The number of benzene rings is 1. The van der Waals surface area contributed by atoms with E-state index in [1.165, 1.54) is 18.8 Å². The maximum absolute atomic E-state index is 5.78. The van der Waals surface area contributed by atoms with Crippen LogP contribution in [0, 0.1) is 0 Å². The lowest BCUT2D eigenvalue weighted by atomic mass is 10.3. The molecule has 3 rings (SSSR count). The minimum Gasteiger partial charge on any atom is -0.399 e. The molecule has 0 amide bonds. The van der Waals surface area contributed by atoms with Crippen molar-refractivity contribution in [3.05, 3.63) is 24.0 Å². The van der Waals surface area contributed by atoms with Gasteiger partial charge in [-0.15, -0.1) is 0 Å². The van der Waals surface area contributed by atoms with Crippen molar-refractivity contribution in [1.82, 2.24) is 14.9 Å². The first-order valence-electron chi connectivity index (χ1n) is 6.79. The number of nitrogen functional groups attached to an aromatic ring is 1. The predicted octanol–water partition coefficient (Wildman–Crippen LogP) is 2.12. The van der Waals surface area contributed by atoms with Crippen LogP contribution in [0.4, 0.5) is 5.69 Å². The summed E-state index contributed by atoms with van der Waals surface area (Å²) in [5, 5.41) is 0.754. The Balaban J connectivity index is 1.65. The van der Waals surface area contributed by atoms with Gasteiger partial charge >= 0.3 is 0 Å². The average molecular weight is 276 g/mol. The first-order valence-corrected chi connectivity index (χ1v) is 7.83. The average Bonchev–Trinajstić information content (AvgIpc) is 2.78. The molecule has 1 aliphatic heterocycles. The number of hydrogen-bond acceptors (Lipinski definition) is 4. The van der Waals surface area contributed by atoms with Gasteiger partial charge in [0.15, 0.2) is 0 Å². The molecule has 5 heteroatoms. The molecule has 1 saturated heterocycles. The van der Waals surface area contributed by atoms with E-state index in [1.54, 1.807) is 0 Å². The van der Waals surface area contributed by atoms with E-state index in [-0.39, 0.29) is 0 Å². The Bertz CT molecular complexity index is 566. The molecular formula is C14H20N4S. The topological polar surface area (TPSA) is 57.9 Å². The van der Waals surface area contributed by atoms with Crippen molar-refractivity contribution in [3.63, 3.8) is 0 Å². The van der Waals surface area contributed by atoms with E-state index < -0.39 is 0 Å². The summed E-state index contributed by atoms with van der Waals surface area (Å²) in [5.41, 5.74) is 8.61. The molecule has 1 fully saturated rings. The highest BCUT2D eigenvalue weighted by atomic mass is 32.2. The fraction of sp³-hybridized carbons (Fsp3) is 0.500. The minimum absolute atomic E-state index is 0.754. The number of imidazole rings is 1. The van der Waals surface area contributed by atoms with Crippen molar-refractivity contribution < 1.29 is 0 Å². The van der Waals surface area contributed by atoms with E-state index in [4.69, 9.17) is 5.73 Å². The Morgan fingerprint density at radius 2 is 2.42 bits per heavy atom. The van der Waals surface area contributed by atoms with Crippen LogP contribution in [0.2, 0.25) is 0 Å². The molecule has 0 bridgehead atoms. The van der Waals surface area contributed by atoms with E-state index in [0.29, 0.717) is 0 Å². The molecule has 1 aliphatic rings. The molecule has 2 heterocycles. The SMILES string of the molecule is CC1CN(CCc2nc3ccc(N)cc3[nH]2)CCS1. The summed E-state index contributed by atoms with van der Waals surface area (Å²) < 4.78 is 0. The van der Waals surface area contributed by atoms with Crippen LogP contribution in [0.5, 0.6) is 0 Å². The molecule has 1 unspecified atom stereocenters. The van der Waals surface area contributed by atoms with Gasteiger partial charge in [0, 0.05) is 42.7 Å². The van der Waals surface area contributed by atoms with Crippen LogP contribution in [0.3, 0.4) is 0 Å². The number of nitrogens with one attached hydrogen (secondary N) is 1. The molecule has 102 valence electrons. The zero-order valence-corrected chi connectivity index (χ0v) is 12.0. The van der Waals surface area contributed by atoms with Gasteiger partial charge in [0.25, 0.3) is 0 Å². The summed E-state index contributed by atoms with van der Waals surface area (Å²) in [6, 6.07) is 5.83.